The average Bonchev–Trinajstić information content (AvgIpc) is 2.36. The van der Waals surface area contributed by atoms with Crippen LogP contribution in [0.1, 0.15) is 15.9 Å². The first kappa shape index (κ1) is 16.0. The van der Waals surface area contributed by atoms with Gasteiger partial charge in [-0.1, -0.05) is 6.07 Å². The van der Waals surface area contributed by atoms with E-state index in [0.29, 0.717) is 24.2 Å². The predicted octanol–water partition coefficient (Wildman–Crippen LogP) is 0.789. The number of likely N-dealkylation sites (N-methyl/N-ethyl adjacent to an activating group) is 1. The summed E-state index contributed by atoms with van der Waals surface area (Å²) in [4.78, 5) is 26.4. The van der Waals surface area contributed by atoms with Gasteiger partial charge in [0.25, 0.3) is 5.91 Å². The first-order valence-electron chi connectivity index (χ1n) is 6.26. The van der Waals surface area contributed by atoms with Crippen molar-refractivity contribution in [1.82, 2.24) is 9.80 Å². The summed E-state index contributed by atoms with van der Waals surface area (Å²) in [5, 5.41) is 18.4. The van der Waals surface area contributed by atoms with Gasteiger partial charge >= 0.3 is 5.97 Å². The Bertz CT molecular complexity index is 500. The molecule has 0 unspecified atom stereocenters. The standard InChI is InChI=1S/C14H20N2O4/c1-10-4-5-11(17)8-12(10)14(20)16(9-13(18)19)7-6-15(2)3/h4-5,8,17H,6-7,9H2,1-3H3,(H,18,19). The highest BCUT2D eigenvalue weighted by Gasteiger charge is 2.20. The second-order valence-electron chi connectivity index (χ2n) is 4.92. The molecule has 6 nitrogen and oxygen atoms in total. The molecule has 0 saturated heterocycles. The zero-order valence-electron chi connectivity index (χ0n) is 12.0. The highest BCUT2D eigenvalue weighted by Crippen LogP contribution is 2.17. The molecule has 0 aliphatic rings. The number of phenols is 1. The van der Waals surface area contributed by atoms with Gasteiger partial charge in [0.05, 0.1) is 0 Å². The van der Waals surface area contributed by atoms with Crippen molar-refractivity contribution < 1.29 is 19.8 Å². The van der Waals surface area contributed by atoms with Crippen molar-refractivity contribution in [3.8, 4) is 5.75 Å². The van der Waals surface area contributed by atoms with E-state index in [4.69, 9.17) is 5.11 Å². The van der Waals surface area contributed by atoms with Crippen LogP contribution in [0.15, 0.2) is 18.2 Å². The number of carbonyl (C=O) groups is 2. The Hall–Kier alpha value is -2.08. The summed E-state index contributed by atoms with van der Waals surface area (Å²) in [5.74, 6) is -1.46. The number of hydrogen-bond donors (Lipinski definition) is 2. The Balaban J connectivity index is 2.96. The molecule has 0 radical (unpaired) electrons. The van der Waals surface area contributed by atoms with Gasteiger partial charge in [-0.25, -0.2) is 0 Å². The number of carbonyl (C=O) groups excluding carboxylic acids is 1. The van der Waals surface area contributed by atoms with E-state index in [0.717, 1.165) is 0 Å². The minimum absolute atomic E-state index is 0.0122. The van der Waals surface area contributed by atoms with Crippen LogP contribution >= 0.6 is 0 Å². The number of aliphatic carboxylic acids is 1. The lowest BCUT2D eigenvalue weighted by Crippen LogP contribution is -2.40. The molecule has 0 spiro atoms. The van der Waals surface area contributed by atoms with Gasteiger partial charge in [0.2, 0.25) is 0 Å². The van der Waals surface area contributed by atoms with Crippen LogP contribution in [0.4, 0.5) is 0 Å². The third-order valence-corrected chi connectivity index (χ3v) is 2.88. The first-order valence-corrected chi connectivity index (χ1v) is 6.26. The molecule has 110 valence electrons. The highest BCUT2D eigenvalue weighted by molar-refractivity contribution is 5.97. The van der Waals surface area contributed by atoms with Crippen LogP contribution in [0.25, 0.3) is 0 Å². The predicted molar refractivity (Wildman–Crippen MR) is 74.9 cm³/mol. The number of benzene rings is 1. The molecule has 0 aliphatic heterocycles. The van der Waals surface area contributed by atoms with E-state index < -0.39 is 5.97 Å². The maximum Gasteiger partial charge on any atom is 0.323 e. The number of phenolic OH excluding ortho intramolecular Hbond substituents is 1. The summed E-state index contributed by atoms with van der Waals surface area (Å²) >= 11 is 0. The number of aromatic hydroxyl groups is 1. The number of hydrogen-bond acceptors (Lipinski definition) is 4. The van der Waals surface area contributed by atoms with Crippen molar-refractivity contribution in [3.63, 3.8) is 0 Å². The van der Waals surface area contributed by atoms with Crippen LogP contribution in [0.5, 0.6) is 5.75 Å². The third kappa shape index (κ3) is 4.55. The summed E-state index contributed by atoms with van der Waals surface area (Å²) in [6.07, 6.45) is 0. The summed E-state index contributed by atoms with van der Waals surface area (Å²) < 4.78 is 0. The van der Waals surface area contributed by atoms with Crippen molar-refractivity contribution in [3.05, 3.63) is 29.3 Å². The Labute approximate surface area is 118 Å². The fourth-order valence-electron chi connectivity index (χ4n) is 1.75. The number of carboxylic acids is 1. The molecule has 0 fully saturated rings. The zero-order valence-corrected chi connectivity index (χ0v) is 12.0. The van der Waals surface area contributed by atoms with Crippen LogP contribution in [0, 0.1) is 6.92 Å². The monoisotopic (exact) mass is 280 g/mol. The van der Waals surface area contributed by atoms with Gasteiger partial charge in [0, 0.05) is 18.7 Å². The lowest BCUT2D eigenvalue weighted by atomic mass is 10.1. The number of rotatable bonds is 6. The number of amides is 1. The molecule has 0 bridgehead atoms. The van der Waals surface area contributed by atoms with Gasteiger partial charge in [-0.3, -0.25) is 9.59 Å². The Kier molecular flexibility index (Phi) is 5.52. The van der Waals surface area contributed by atoms with Crippen molar-refractivity contribution in [2.45, 2.75) is 6.92 Å². The largest absolute Gasteiger partial charge is 0.508 e. The molecule has 6 heteroatoms. The lowest BCUT2D eigenvalue weighted by Gasteiger charge is -2.23. The van der Waals surface area contributed by atoms with Crippen molar-refractivity contribution >= 4 is 11.9 Å². The first-order chi connectivity index (χ1) is 9.31. The summed E-state index contributed by atoms with van der Waals surface area (Å²) in [6.45, 7) is 2.27. The van der Waals surface area contributed by atoms with Gasteiger partial charge in [-0.05, 0) is 38.7 Å². The van der Waals surface area contributed by atoms with Gasteiger partial charge in [-0.15, -0.1) is 0 Å². The van der Waals surface area contributed by atoms with E-state index in [1.807, 2.05) is 19.0 Å². The lowest BCUT2D eigenvalue weighted by molar-refractivity contribution is -0.137. The number of carboxylic acid groups (broad SMARTS) is 1. The van der Waals surface area contributed by atoms with Gasteiger partial charge < -0.3 is 20.0 Å². The minimum Gasteiger partial charge on any atom is -0.508 e. The van der Waals surface area contributed by atoms with Crippen LogP contribution in [-0.4, -0.2) is 65.6 Å². The number of nitrogens with zero attached hydrogens (tertiary/aromatic N) is 2. The van der Waals surface area contributed by atoms with E-state index in [-0.39, 0.29) is 18.2 Å². The normalized spacial score (nSPS) is 10.6. The Morgan fingerprint density at radius 2 is 1.85 bits per heavy atom. The third-order valence-electron chi connectivity index (χ3n) is 2.88. The quantitative estimate of drug-likeness (QED) is 0.805. The fourth-order valence-corrected chi connectivity index (χ4v) is 1.75. The van der Waals surface area contributed by atoms with Crippen molar-refractivity contribution in [1.29, 1.82) is 0 Å². The van der Waals surface area contributed by atoms with E-state index >= 15 is 0 Å². The Morgan fingerprint density at radius 3 is 2.40 bits per heavy atom. The maximum atomic E-state index is 12.4. The average molecular weight is 280 g/mol. The van der Waals surface area contributed by atoms with E-state index in [2.05, 4.69) is 0 Å². The van der Waals surface area contributed by atoms with Crippen LogP contribution in [-0.2, 0) is 4.79 Å². The second kappa shape index (κ2) is 6.91. The van der Waals surface area contributed by atoms with Gasteiger partial charge in [-0.2, -0.15) is 0 Å². The van der Waals surface area contributed by atoms with Crippen LogP contribution < -0.4 is 0 Å². The van der Waals surface area contributed by atoms with Gasteiger partial charge in [0.15, 0.2) is 0 Å². The molecule has 0 aliphatic carbocycles. The molecule has 1 rings (SSSR count). The molecule has 0 atom stereocenters. The van der Waals surface area contributed by atoms with Crippen molar-refractivity contribution in [2.24, 2.45) is 0 Å². The summed E-state index contributed by atoms with van der Waals surface area (Å²) in [6, 6.07) is 4.49. The van der Waals surface area contributed by atoms with E-state index in [9.17, 15) is 14.7 Å². The van der Waals surface area contributed by atoms with E-state index in [1.165, 1.54) is 17.0 Å². The zero-order chi connectivity index (χ0) is 15.3. The molecule has 0 aromatic heterocycles. The molecule has 2 N–H and O–H groups in total. The molecule has 1 aromatic carbocycles. The van der Waals surface area contributed by atoms with Gasteiger partial charge in [0.1, 0.15) is 12.3 Å². The number of aryl methyl sites for hydroxylation is 1. The minimum atomic E-state index is -1.06. The topological polar surface area (TPSA) is 81.1 Å². The SMILES string of the molecule is Cc1ccc(O)cc1C(=O)N(CCN(C)C)CC(=O)O. The van der Waals surface area contributed by atoms with E-state index in [1.54, 1.807) is 13.0 Å². The summed E-state index contributed by atoms with van der Waals surface area (Å²) in [7, 11) is 3.70. The highest BCUT2D eigenvalue weighted by atomic mass is 16.4. The molecule has 1 amide bonds. The van der Waals surface area contributed by atoms with Crippen molar-refractivity contribution in [2.75, 3.05) is 33.7 Å². The molecule has 0 heterocycles. The molecular formula is C14H20N2O4. The smallest absolute Gasteiger partial charge is 0.323 e. The fraction of sp³-hybridized carbons (Fsp3) is 0.429. The van der Waals surface area contributed by atoms with Crippen LogP contribution in [0.3, 0.4) is 0 Å². The molecule has 20 heavy (non-hydrogen) atoms. The van der Waals surface area contributed by atoms with Crippen LogP contribution in [0.2, 0.25) is 0 Å². The molecule has 0 saturated carbocycles. The molecule has 1 aromatic rings. The maximum absolute atomic E-state index is 12.4. The Morgan fingerprint density at radius 1 is 1.20 bits per heavy atom. The molecular weight excluding hydrogens is 260 g/mol. The second-order valence-corrected chi connectivity index (χ2v) is 4.92. The summed E-state index contributed by atoms with van der Waals surface area (Å²) in [5.41, 5.74) is 1.03.